The first kappa shape index (κ1) is 13.5. The first-order valence-corrected chi connectivity index (χ1v) is 6.64. The second-order valence-corrected chi connectivity index (χ2v) is 4.96. The molecule has 0 spiro atoms. The second kappa shape index (κ2) is 6.27. The Labute approximate surface area is 116 Å². The fourth-order valence-electron chi connectivity index (χ4n) is 1.83. The maximum atomic E-state index is 12.0. The third-order valence-electron chi connectivity index (χ3n) is 2.80. The number of halogens is 2. The summed E-state index contributed by atoms with van der Waals surface area (Å²) < 4.78 is 0. The van der Waals surface area contributed by atoms with Gasteiger partial charge in [0.1, 0.15) is 0 Å². The molecule has 0 unspecified atom stereocenters. The number of carbonyl (C=O) groups excluding carboxylic acids is 1. The Balaban J connectivity index is 1.99. The van der Waals surface area contributed by atoms with Crippen LogP contribution in [0.5, 0.6) is 0 Å². The highest BCUT2D eigenvalue weighted by Crippen LogP contribution is 2.25. The monoisotopic (exact) mass is 287 g/mol. The molecule has 0 radical (unpaired) electrons. The zero-order valence-electron chi connectivity index (χ0n) is 9.88. The number of anilines is 1. The second-order valence-electron chi connectivity index (χ2n) is 4.15. The highest BCUT2D eigenvalue weighted by Gasteiger charge is 2.15. The fourth-order valence-corrected chi connectivity index (χ4v) is 2.12. The Morgan fingerprint density at radius 2 is 2.06 bits per heavy atom. The van der Waals surface area contributed by atoms with Crippen LogP contribution in [0.25, 0.3) is 0 Å². The SMILES string of the molecule is O=C(Nc1ccc(Cl)c(Cl)c1)N1CCCNCC1. The van der Waals surface area contributed by atoms with Gasteiger partial charge >= 0.3 is 6.03 Å². The highest BCUT2D eigenvalue weighted by atomic mass is 35.5. The quantitative estimate of drug-likeness (QED) is 0.834. The molecular formula is C12H15Cl2N3O. The predicted molar refractivity (Wildman–Crippen MR) is 74.5 cm³/mol. The molecule has 2 N–H and O–H groups in total. The van der Waals surface area contributed by atoms with Gasteiger partial charge in [0.15, 0.2) is 0 Å². The van der Waals surface area contributed by atoms with E-state index in [1.165, 1.54) is 0 Å². The van der Waals surface area contributed by atoms with E-state index >= 15 is 0 Å². The van der Waals surface area contributed by atoms with Crippen molar-refractivity contribution < 1.29 is 4.79 Å². The van der Waals surface area contributed by atoms with Crippen molar-refractivity contribution in [2.75, 3.05) is 31.5 Å². The zero-order valence-corrected chi connectivity index (χ0v) is 11.4. The molecule has 1 fully saturated rings. The highest BCUT2D eigenvalue weighted by molar-refractivity contribution is 6.42. The van der Waals surface area contributed by atoms with Gasteiger partial charge in [-0.05, 0) is 31.2 Å². The van der Waals surface area contributed by atoms with Crippen LogP contribution in [0, 0.1) is 0 Å². The van der Waals surface area contributed by atoms with E-state index in [1.807, 2.05) is 0 Å². The van der Waals surface area contributed by atoms with Gasteiger partial charge in [-0.2, -0.15) is 0 Å². The number of hydrogen-bond donors (Lipinski definition) is 2. The number of nitrogens with zero attached hydrogens (tertiary/aromatic N) is 1. The predicted octanol–water partition coefficient (Wildman–Crippen LogP) is 2.82. The zero-order chi connectivity index (χ0) is 13.0. The molecule has 0 aliphatic carbocycles. The van der Waals surface area contributed by atoms with E-state index in [-0.39, 0.29) is 6.03 Å². The summed E-state index contributed by atoms with van der Waals surface area (Å²) in [7, 11) is 0. The van der Waals surface area contributed by atoms with Crippen molar-refractivity contribution in [3.05, 3.63) is 28.2 Å². The van der Waals surface area contributed by atoms with Gasteiger partial charge in [-0.15, -0.1) is 0 Å². The van der Waals surface area contributed by atoms with Crippen molar-refractivity contribution in [2.24, 2.45) is 0 Å². The molecule has 1 aliphatic rings. The van der Waals surface area contributed by atoms with Gasteiger partial charge in [0.25, 0.3) is 0 Å². The van der Waals surface area contributed by atoms with Gasteiger partial charge in [-0.1, -0.05) is 23.2 Å². The van der Waals surface area contributed by atoms with Gasteiger partial charge < -0.3 is 15.5 Å². The van der Waals surface area contributed by atoms with Crippen LogP contribution in [0.4, 0.5) is 10.5 Å². The minimum Gasteiger partial charge on any atom is -0.323 e. The summed E-state index contributed by atoms with van der Waals surface area (Å²) in [6.45, 7) is 3.26. The van der Waals surface area contributed by atoms with Gasteiger partial charge in [0.2, 0.25) is 0 Å². The van der Waals surface area contributed by atoms with Gasteiger partial charge in [0.05, 0.1) is 10.0 Å². The first-order chi connectivity index (χ1) is 8.66. The number of nitrogens with one attached hydrogen (secondary N) is 2. The van der Waals surface area contributed by atoms with Crippen LogP contribution in [0.1, 0.15) is 6.42 Å². The van der Waals surface area contributed by atoms with E-state index in [9.17, 15) is 4.79 Å². The lowest BCUT2D eigenvalue weighted by atomic mass is 10.3. The number of carbonyl (C=O) groups is 1. The molecule has 0 bridgehead atoms. The summed E-state index contributed by atoms with van der Waals surface area (Å²) in [4.78, 5) is 13.8. The number of hydrogen-bond acceptors (Lipinski definition) is 2. The van der Waals surface area contributed by atoms with Gasteiger partial charge in [-0.25, -0.2) is 4.79 Å². The molecule has 2 rings (SSSR count). The molecular weight excluding hydrogens is 273 g/mol. The molecule has 1 heterocycles. The van der Waals surface area contributed by atoms with Crippen molar-refractivity contribution >= 4 is 34.9 Å². The summed E-state index contributed by atoms with van der Waals surface area (Å²) in [5, 5.41) is 6.99. The van der Waals surface area contributed by atoms with Crippen LogP contribution in [0.3, 0.4) is 0 Å². The Morgan fingerprint density at radius 3 is 2.83 bits per heavy atom. The molecule has 1 saturated heterocycles. The van der Waals surface area contributed by atoms with Crippen LogP contribution in [0.2, 0.25) is 10.0 Å². The lowest BCUT2D eigenvalue weighted by Gasteiger charge is -2.20. The van der Waals surface area contributed by atoms with Crippen molar-refractivity contribution in [2.45, 2.75) is 6.42 Å². The maximum Gasteiger partial charge on any atom is 0.321 e. The summed E-state index contributed by atoms with van der Waals surface area (Å²) in [6.07, 6.45) is 0.967. The fraction of sp³-hybridized carbons (Fsp3) is 0.417. The largest absolute Gasteiger partial charge is 0.323 e. The number of benzene rings is 1. The normalized spacial score (nSPS) is 16.2. The molecule has 6 heteroatoms. The number of urea groups is 1. The van der Waals surface area contributed by atoms with Crippen LogP contribution in [-0.2, 0) is 0 Å². The Hall–Kier alpha value is -0.970. The average molecular weight is 288 g/mol. The molecule has 0 saturated carbocycles. The topological polar surface area (TPSA) is 44.4 Å². The molecule has 18 heavy (non-hydrogen) atoms. The molecule has 0 aromatic heterocycles. The molecule has 2 amide bonds. The number of rotatable bonds is 1. The van der Waals surface area contributed by atoms with Crippen molar-refractivity contribution in [1.82, 2.24) is 10.2 Å². The van der Waals surface area contributed by atoms with Crippen LogP contribution in [0.15, 0.2) is 18.2 Å². The van der Waals surface area contributed by atoms with Crippen LogP contribution < -0.4 is 10.6 Å². The summed E-state index contributed by atoms with van der Waals surface area (Å²) in [6, 6.07) is 4.96. The Bertz CT molecular complexity index is 431. The Kier molecular flexibility index (Phi) is 4.69. The minimum absolute atomic E-state index is 0.0999. The molecule has 4 nitrogen and oxygen atoms in total. The van der Waals surface area contributed by atoms with Crippen LogP contribution in [-0.4, -0.2) is 37.1 Å². The van der Waals surface area contributed by atoms with Crippen molar-refractivity contribution in [1.29, 1.82) is 0 Å². The molecule has 1 aliphatic heterocycles. The van der Waals surface area contributed by atoms with E-state index in [1.54, 1.807) is 23.1 Å². The third kappa shape index (κ3) is 3.51. The van der Waals surface area contributed by atoms with Crippen molar-refractivity contribution in [3.8, 4) is 0 Å². The lowest BCUT2D eigenvalue weighted by molar-refractivity contribution is 0.215. The van der Waals surface area contributed by atoms with Crippen LogP contribution >= 0.6 is 23.2 Å². The maximum absolute atomic E-state index is 12.0. The summed E-state index contributed by atoms with van der Waals surface area (Å²) in [5.74, 6) is 0. The standard InChI is InChI=1S/C12H15Cl2N3O/c13-10-3-2-9(8-11(10)14)16-12(18)17-6-1-4-15-5-7-17/h2-3,8,15H,1,4-7H2,(H,16,18). The molecule has 0 atom stereocenters. The van der Waals surface area contributed by atoms with E-state index in [4.69, 9.17) is 23.2 Å². The molecule has 98 valence electrons. The van der Waals surface area contributed by atoms with E-state index in [0.717, 1.165) is 26.1 Å². The Morgan fingerprint density at radius 1 is 1.22 bits per heavy atom. The smallest absolute Gasteiger partial charge is 0.321 e. The lowest BCUT2D eigenvalue weighted by Crippen LogP contribution is -2.37. The summed E-state index contributed by atoms with van der Waals surface area (Å²) >= 11 is 11.7. The molecule has 1 aromatic rings. The van der Waals surface area contributed by atoms with Crippen molar-refractivity contribution in [3.63, 3.8) is 0 Å². The summed E-state index contributed by atoms with van der Waals surface area (Å²) in [5.41, 5.74) is 0.659. The van der Waals surface area contributed by atoms with E-state index in [0.29, 0.717) is 22.3 Å². The first-order valence-electron chi connectivity index (χ1n) is 5.88. The van der Waals surface area contributed by atoms with E-state index in [2.05, 4.69) is 10.6 Å². The molecule has 1 aromatic carbocycles. The minimum atomic E-state index is -0.0999. The van der Waals surface area contributed by atoms with Gasteiger partial charge in [-0.3, -0.25) is 0 Å². The average Bonchev–Trinajstić information content (AvgIpc) is 2.62. The van der Waals surface area contributed by atoms with E-state index < -0.39 is 0 Å². The van der Waals surface area contributed by atoms with Gasteiger partial charge in [0, 0.05) is 25.3 Å². The third-order valence-corrected chi connectivity index (χ3v) is 3.54. The number of amides is 2.